The van der Waals surface area contributed by atoms with E-state index in [-0.39, 0.29) is 11.8 Å². The van der Waals surface area contributed by atoms with Gasteiger partial charge < -0.3 is 25.0 Å². The second-order valence-corrected chi connectivity index (χ2v) is 9.58. The van der Waals surface area contributed by atoms with Crippen molar-refractivity contribution in [3.63, 3.8) is 0 Å². The minimum Gasteiger partial charge on any atom is -0.493 e. The molecule has 0 aromatic heterocycles. The number of amides is 2. The SMILES string of the molecule is COc1cc2c(cc1OC)C(C(=Nc1ccc(N(C)C(=O)CN3CCNCC3)cc1)c1ccccc1)C(=O)N2. The Kier molecular flexibility index (Phi) is 7.90. The first-order valence-electron chi connectivity index (χ1n) is 13.0. The van der Waals surface area contributed by atoms with E-state index in [1.165, 1.54) is 0 Å². The standard InChI is InChI=1S/C30H33N5O4/c1-34(27(36)19-35-15-13-31-14-16-35)22-11-9-21(10-12-22)32-29(20-7-5-4-6-8-20)28-23-17-25(38-2)26(39-3)18-24(23)33-30(28)37/h4-12,17-18,28,31H,13-16,19H2,1-3H3,(H,33,37). The van der Waals surface area contributed by atoms with Crippen LogP contribution in [0.5, 0.6) is 11.5 Å². The van der Waals surface area contributed by atoms with Gasteiger partial charge in [0.25, 0.3) is 0 Å². The average Bonchev–Trinajstić information content (AvgIpc) is 3.30. The van der Waals surface area contributed by atoms with Crippen molar-refractivity contribution in [1.29, 1.82) is 0 Å². The molecule has 0 saturated carbocycles. The summed E-state index contributed by atoms with van der Waals surface area (Å²) in [5.74, 6) is 0.328. The predicted molar refractivity (Wildman–Crippen MR) is 153 cm³/mol. The van der Waals surface area contributed by atoms with Gasteiger partial charge in [0.2, 0.25) is 11.8 Å². The minimum atomic E-state index is -0.634. The maximum absolute atomic E-state index is 13.3. The Hall–Kier alpha value is -4.21. The number of ether oxygens (including phenoxy) is 2. The highest BCUT2D eigenvalue weighted by atomic mass is 16.5. The summed E-state index contributed by atoms with van der Waals surface area (Å²) in [7, 11) is 4.93. The number of anilines is 2. The molecule has 0 bridgehead atoms. The Bertz CT molecular complexity index is 1370. The van der Waals surface area contributed by atoms with Crippen molar-refractivity contribution in [3.8, 4) is 11.5 Å². The third-order valence-electron chi connectivity index (χ3n) is 7.16. The normalized spacial score (nSPS) is 17.4. The Morgan fingerprint density at radius 1 is 1.00 bits per heavy atom. The zero-order chi connectivity index (χ0) is 27.4. The Morgan fingerprint density at radius 2 is 1.67 bits per heavy atom. The third-order valence-corrected chi connectivity index (χ3v) is 7.16. The van der Waals surface area contributed by atoms with E-state index in [9.17, 15) is 9.59 Å². The second-order valence-electron chi connectivity index (χ2n) is 9.58. The zero-order valence-electron chi connectivity index (χ0n) is 22.4. The molecule has 2 aliphatic rings. The molecule has 0 radical (unpaired) electrons. The van der Waals surface area contributed by atoms with Gasteiger partial charge in [0.15, 0.2) is 11.5 Å². The van der Waals surface area contributed by atoms with Crippen LogP contribution < -0.4 is 25.0 Å². The Morgan fingerprint density at radius 3 is 2.33 bits per heavy atom. The van der Waals surface area contributed by atoms with Crippen LogP contribution in [0.4, 0.5) is 17.1 Å². The van der Waals surface area contributed by atoms with Crippen molar-refractivity contribution in [1.82, 2.24) is 10.2 Å². The fraction of sp³-hybridized carbons (Fsp3) is 0.300. The number of aliphatic imine (C=N–C) groups is 1. The Balaban J connectivity index is 1.45. The molecule has 3 aromatic rings. The van der Waals surface area contributed by atoms with Crippen molar-refractivity contribution < 1.29 is 19.1 Å². The van der Waals surface area contributed by atoms with Crippen LogP contribution in [0.1, 0.15) is 17.0 Å². The van der Waals surface area contributed by atoms with Crippen molar-refractivity contribution in [2.45, 2.75) is 5.92 Å². The summed E-state index contributed by atoms with van der Waals surface area (Å²) in [4.78, 5) is 34.9. The molecule has 39 heavy (non-hydrogen) atoms. The monoisotopic (exact) mass is 527 g/mol. The van der Waals surface area contributed by atoms with E-state index in [2.05, 4.69) is 15.5 Å². The van der Waals surface area contributed by atoms with Gasteiger partial charge in [-0.25, -0.2) is 0 Å². The number of nitrogens with one attached hydrogen (secondary N) is 2. The van der Waals surface area contributed by atoms with Gasteiger partial charge in [-0.15, -0.1) is 0 Å². The number of piperazine rings is 1. The number of carbonyl (C=O) groups is 2. The van der Waals surface area contributed by atoms with E-state index in [0.717, 1.165) is 43.0 Å². The van der Waals surface area contributed by atoms with Crippen LogP contribution in [0, 0.1) is 0 Å². The van der Waals surface area contributed by atoms with Crippen LogP contribution in [0.2, 0.25) is 0 Å². The highest BCUT2D eigenvalue weighted by molar-refractivity contribution is 6.24. The number of fused-ring (bicyclic) bond motifs is 1. The third kappa shape index (κ3) is 5.64. The van der Waals surface area contributed by atoms with Gasteiger partial charge in [-0.3, -0.25) is 19.5 Å². The largest absolute Gasteiger partial charge is 0.493 e. The number of rotatable bonds is 8. The molecule has 1 saturated heterocycles. The lowest BCUT2D eigenvalue weighted by Gasteiger charge is -2.28. The second kappa shape index (κ2) is 11.7. The van der Waals surface area contributed by atoms with Crippen LogP contribution in [-0.2, 0) is 9.59 Å². The molecule has 2 heterocycles. The van der Waals surface area contributed by atoms with Gasteiger partial charge in [0.1, 0.15) is 5.92 Å². The topological polar surface area (TPSA) is 95.5 Å². The fourth-order valence-electron chi connectivity index (χ4n) is 4.96. The summed E-state index contributed by atoms with van der Waals surface area (Å²) in [5.41, 5.74) is 4.38. The van der Waals surface area contributed by atoms with E-state index in [4.69, 9.17) is 14.5 Å². The van der Waals surface area contributed by atoms with Crippen molar-refractivity contribution in [2.24, 2.45) is 4.99 Å². The lowest BCUT2D eigenvalue weighted by Crippen LogP contribution is -2.47. The summed E-state index contributed by atoms with van der Waals surface area (Å²) >= 11 is 0. The van der Waals surface area contributed by atoms with Crippen molar-refractivity contribution in [3.05, 3.63) is 77.9 Å². The summed E-state index contributed by atoms with van der Waals surface area (Å²) < 4.78 is 10.9. The van der Waals surface area contributed by atoms with Crippen LogP contribution >= 0.6 is 0 Å². The van der Waals surface area contributed by atoms with Crippen LogP contribution in [0.3, 0.4) is 0 Å². The first kappa shape index (κ1) is 26.4. The number of carbonyl (C=O) groups excluding carboxylic acids is 2. The Labute approximate surface area is 228 Å². The maximum Gasteiger partial charge on any atom is 0.240 e. The van der Waals surface area contributed by atoms with Crippen LogP contribution in [0.25, 0.3) is 0 Å². The van der Waals surface area contributed by atoms with Gasteiger partial charge in [0.05, 0.1) is 32.2 Å². The van der Waals surface area contributed by atoms with Crippen molar-refractivity contribution in [2.75, 3.05) is 64.2 Å². The van der Waals surface area contributed by atoms with E-state index in [1.807, 2.05) is 60.7 Å². The summed E-state index contributed by atoms with van der Waals surface area (Å²) in [6.07, 6.45) is 0. The van der Waals surface area contributed by atoms with Crippen molar-refractivity contribution >= 4 is 34.6 Å². The van der Waals surface area contributed by atoms with E-state index in [1.54, 1.807) is 32.2 Å². The number of hydrogen-bond acceptors (Lipinski definition) is 7. The molecule has 1 unspecified atom stereocenters. The van der Waals surface area contributed by atoms with Gasteiger partial charge >= 0.3 is 0 Å². The highest BCUT2D eigenvalue weighted by Gasteiger charge is 2.36. The number of likely N-dealkylation sites (N-methyl/N-ethyl adjacent to an activating group) is 1. The zero-order valence-corrected chi connectivity index (χ0v) is 22.4. The summed E-state index contributed by atoms with van der Waals surface area (Å²) in [6, 6.07) is 20.8. The molecular formula is C30H33N5O4. The molecule has 9 heteroatoms. The molecule has 2 amide bonds. The quantitative estimate of drug-likeness (QED) is 0.436. The molecule has 2 N–H and O–H groups in total. The predicted octanol–water partition coefficient (Wildman–Crippen LogP) is 3.43. The molecule has 202 valence electrons. The first-order valence-corrected chi connectivity index (χ1v) is 13.0. The van der Waals surface area contributed by atoms with E-state index < -0.39 is 5.92 Å². The van der Waals surface area contributed by atoms with Gasteiger partial charge in [-0.05, 0) is 41.5 Å². The number of nitrogens with zero attached hydrogens (tertiary/aromatic N) is 3. The highest BCUT2D eigenvalue weighted by Crippen LogP contribution is 2.42. The summed E-state index contributed by atoms with van der Waals surface area (Å²) in [6.45, 7) is 3.92. The van der Waals surface area contributed by atoms with Gasteiger partial charge in [-0.1, -0.05) is 30.3 Å². The molecule has 9 nitrogen and oxygen atoms in total. The smallest absolute Gasteiger partial charge is 0.240 e. The lowest BCUT2D eigenvalue weighted by molar-refractivity contribution is -0.119. The molecule has 5 rings (SSSR count). The number of hydrogen-bond donors (Lipinski definition) is 2. The first-order chi connectivity index (χ1) is 19.0. The molecule has 0 aliphatic carbocycles. The molecule has 1 fully saturated rings. The van der Waals surface area contributed by atoms with Gasteiger partial charge in [0, 0.05) is 50.7 Å². The van der Waals surface area contributed by atoms with E-state index in [0.29, 0.717) is 35.1 Å². The van der Waals surface area contributed by atoms with Gasteiger partial charge in [-0.2, -0.15) is 0 Å². The van der Waals surface area contributed by atoms with Crippen LogP contribution in [-0.4, -0.2) is 76.4 Å². The minimum absolute atomic E-state index is 0.0433. The van der Waals surface area contributed by atoms with Crippen LogP contribution in [0.15, 0.2) is 71.7 Å². The average molecular weight is 528 g/mol. The molecule has 0 spiro atoms. The van der Waals surface area contributed by atoms with E-state index >= 15 is 0 Å². The lowest BCUT2D eigenvalue weighted by atomic mass is 9.90. The number of benzene rings is 3. The summed E-state index contributed by atoms with van der Waals surface area (Å²) in [5, 5.41) is 6.28. The maximum atomic E-state index is 13.3. The number of methoxy groups -OCH3 is 2. The molecule has 2 aliphatic heterocycles. The molecule has 3 aromatic carbocycles. The fourth-order valence-corrected chi connectivity index (χ4v) is 4.96. The molecule has 1 atom stereocenters. The molecular weight excluding hydrogens is 494 g/mol.